The topological polar surface area (TPSA) is 40.1 Å². The van der Waals surface area contributed by atoms with Crippen LogP contribution in [-0.2, 0) is 0 Å². The molecule has 0 saturated carbocycles. The summed E-state index contributed by atoms with van der Waals surface area (Å²) in [6.45, 7) is 7.75. The van der Waals surface area contributed by atoms with Crippen molar-refractivity contribution in [1.82, 2.24) is 0 Å². The number of carboxylic acids is 1. The molecule has 0 amide bonds. The van der Waals surface area contributed by atoms with Gasteiger partial charge in [-0.2, -0.15) is 0 Å². The maximum absolute atomic E-state index is 10.6. The standard InChI is InChI=1S/C11H12O2.C2H6/c1-3-4-9-5-8(2)6-10(7-9)11(12)13;1-2/h3-7H,1-2H3,(H,12,13);1-2H3/p-1. The SMILES string of the molecule is CC.CC=Cc1cc(C)cc(C(=O)[O-])c1. The second-order valence-electron chi connectivity index (χ2n) is 2.92. The van der Waals surface area contributed by atoms with Gasteiger partial charge in [-0.1, -0.05) is 38.1 Å². The minimum Gasteiger partial charge on any atom is -0.545 e. The van der Waals surface area contributed by atoms with E-state index in [4.69, 9.17) is 0 Å². The molecule has 0 saturated heterocycles. The first kappa shape index (κ1) is 13.4. The van der Waals surface area contributed by atoms with Crippen LogP contribution in [0.25, 0.3) is 6.08 Å². The normalized spacial score (nSPS) is 9.60. The van der Waals surface area contributed by atoms with Crippen molar-refractivity contribution in [3.8, 4) is 0 Å². The van der Waals surface area contributed by atoms with Gasteiger partial charge in [-0.3, -0.25) is 0 Å². The molecule has 1 rings (SSSR count). The Kier molecular flexibility index (Phi) is 6.11. The number of allylic oxidation sites excluding steroid dienone is 1. The fraction of sp³-hybridized carbons (Fsp3) is 0.308. The van der Waals surface area contributed by atoms with Crippen LogP contribution in [0.15, 0.2) is 24.3 Å². The van der Waals surface area contributed by atoms with Crippen molar-refractivity contribution >= 4 is 12.0 Å². The zero-order valence-electron chi connectivity index (χ0n) is 9.70. The summed E-state index contributed by atoms with van der Waals surface area (Å²) < 4.78 is 0. The molecule has 2 nitrogen and oxygen atoms in total. The van der Waals surface area contributed by atoms with E-state index in [1.165, 1.54) is 0 Å². The molecular weight excluding hydrogens is 188 g/mol. The van der Waals surface area contributed by atoms with E-state index in [0.717, 1.165) is 11.1 Å². The number of hydrogen-bond acceptors (Lipinski definition) is 2. The molecule has 0 bridgehead atoms. The Hall–Kier alpha value is -1.57. The number of aryl methyl sites for hydroxylation is 1. The van der Waals surface area contributed by atoms with Gasteiger partial charge in [0.2, 0.25) is 0 Å². The zero-order chi connectivity index (χ0) is 11.8. The molecule has 0 unspecified atom stereocenters. The highest BCUT2D eigenvalue weighted by Crippen LogP contribution is 2.10. The molecule has 82 valence electrons. The van der Waals surface area contributed by atoms with Gasteiger partial charge >= 0.3 is 0 Å². The molecule has 0 fully saturated rings. The lowest BCUT2D eigenvalue weighted by molar-refractivity contribution is -0.255. The Labute approximate surface area is 91.3 Å². The van der Waals surface area contributed by atoms with Gasteiger partial charge in [0.1, 0.15) is 0 Å². The highest BCUT2D eigenvalue weighted by molar-refractivity contribution is 5.86. The summed E-state index contributed by atoms with van der Waals surface area (Å²) in [6.07, 6.45) is 3.73. The monoisotopic (exact) mass is 205 g/mol. The van der Waals surface area contributed by atoms with Gasteiger partial charge in [-0.15, -0.1) is 0 Å². The maximum atomic E-state index is 10.6. The molecule has 0 aliphatic carbocycles. The number of carbonyl (C=O) groups excluding carboxylic acids is 1. The number of aromatic carboxylic acids is 1. The van der Waals surface area contributed by atoms with Crippen molar-refractivity contribution in [2.24, 2.45) is 0 Å². The Morgan fingerprint density at radius 3 is 2.33 bits per heavy atom. The molecule has 0 N–H and O–H groups in total. The van der Waals surface area contributed by atoms with Crippen molar-refractivity contribution in [1.29, 1.82) is 0 Å². The molecule has 0 aliphatic heterocycles. The predicted molar refractivity (Wildman–Crippen MR) is 61.6 cm³/mol. The van der Waals surface area contributed by atoms with Crippen LogP contribution in [-0.4, -0.2) is 5.97 Å². The van der Waals surface area contributed by atoms with Crippen LogP contribution in [0.2, 0.25) is 0 Å². The van der Waals surface area contributed by atoms with Gasteiger partial charge in [0, 0.05) is 0 Å². The van der Waals surface area contributed by atoms with Gasteiger partial charge in [-0.05, 0) is 36.6 Å². The lowest BCUT2D eigenvalue weighted by Gasteiger charge is -2.05. The third kappa shape index (κ3) is 4.45. The van der Waals surface area contributed by atoms with Crippen LogP contribution in [0.4, 0.5) is 0 Å². The van der Waals surface area contributed by atoms with Crippen molar-refractivity contribution in [2.45, 2.75) is 27.7 Å². The summed E-state index contributed by atoms with van der Waals surface area (Å²) in [5.41, 5.74) is 2.05. The summed E-state index contributed by atoms with van der Waals surface area (Å²) >= 11 is 0. The van der Waals surface area contributed by atoms with Crippen LogP contribution in [0.3, 0.4) is 0 Å². The van der Waals surface area contributed by atoms with E-state index in [2.05, 4.69) is 0 Å². The van der Waals surface area contributed by atoms with Crippen molar-refractivity contribution in [3.05, 3.63) is 41.0 Å². The van der Waals surface area contributed by atoms with Gasteiger partial charge < -0.3 is 9.90 Å². The molecule has 0 spiro atoms. The van der Waals surface area contributed by atoms with Gasteiger partial charge in [-0.25, -0.2) is 0 Å². The minimum atomic E-state index is -1.13. The molecule has 0 heterocycles. The summed E-state index contributed by atoms with van der Waals surface area (Å²) in [5.74, 6) is -1.13. The Balaban J connectivity index is 0.000000921. The van der Waals surface area contributed by atoms with E-state index in [-0.39, 0.29) is 5.56 Å². The molecule has 2 heteroatoms. The zero-order valence-corrected chi connectivity index (χ0v) is 9.70. The van der Waals surface area contributed by atoms with E-state index >= 15 is 0 Å². The summed E-state index contributed by atoms with van der Waals surface area (Å²) in [7, 11) is 0. The smallest absolute Gasteiger partial charge is 0.0715 e. The quantitative estimate of drug-likeness (QED) is 0.743. The van der Waals surface area contributed by atoms with Crippen molar-refractivity contribution in [3.63, 3.8) is 0 Å². The van der Waals surface area contributed by atoms with Crippen molar-refractivity contribution < 1.29 is 9.90 Å². The van der Waals surface area contributed by atoms with Crippen LogP contribution in [0.5, 0.6) is 0 Å². The molecule has 0 radical (unpaired) electrons. The predicted octanol–water partition coefficient (Wildman–Crippen LogP) is 2.42. The fourth-order valence-corrected chi connectivity index (χ4v) is 1.22. The van der Waals surface area contributed by atoms with Crippen molar-refractivity contribution in [2.75, 3.05) is 0 Å². The van der Waals surface area contributed by atoms with Gasteiger partial charge in [0.05, 0.1) is 5.97 Å². The number of carboxylic acid groups (broad SMARTS) is 1. The van der Waals surface area contributed by atoms with Gasteiger partial charge in [0.15, 0.2) is 0 Å². The third-order valence-electron chi connectivity index (χ3n) is 1.69. The molecule has 0 aliphatic rings. The minimum absolute atomic E-state index is 0.230. The molecule has 15 heavy (non-hydrogen) atoms. The average molecular weight is 205 g/mol. The highest BCUT2D eigenvalue weighted by Gasteiger charge is 1.96. The highest BCUT2D eigenvalue weighted by atomic mass is 16.4. The van der Waals surface area contributed by atoms with Crippen LogP contribution in [0, 0.1) is 6.92 Å². The lowest BCUT2D eigenvalue weighted by Crippen LogP contribution is -2.22. The first-order valence-electron chi connectivity index (χ1n) is 5.09. The molecule has 1 aromatic rings. The first-order chi connectivity index (χ1) is 7.13. The number of carbonyl (C=O) groups is 1. The Bertz CT molecular complexity index is 352. The van der Waals surface area contributed by atoms with E-state index in [1.807, 2.05) is 45.9 Å². The molecule has 0 atom stereocenters. The first-order valence-corrected chi connectivity index (χ1v) is 5.09. The van der Waals surface area contributed by atoms with E-state index in [0.29, 0.717) is 0 Å². The van der Waals surface area contributed by atoms with Crippen LogP contribution in [0.1, 0.15) is 42.3 Å². The summed E-state index contributed by atoms with van der Waals surface area (Å²) in [5, 5.41) is 10.6. The number of benzene rings is 1. The lowest BCUT2D eigenvalue weighted by atomic mass is 10.1. The van der Waals surface area contributed by atoms with E-state index in [9.17, 15) is 9.90 Å². The number of hydrogen-bond donors (Lipinski definition) is 0. The number of rotatable bonds is 2. The molecule has 1 aromatic carbocycles. The third-order valence-corrected chi connectivity index (χ3v) is 1.69. The second kappa shape index (κ2) is 6.82. The van der Waals surface area contributed by atoms with E-state index in [1.54, 1.807) is 12.1 Å². The summed E-state index contributed by atoms with van der Waals surface area (Å²) in [6, 6.07) is 5.12. The maximum Gasteiger partial charge on any atom is 0.0715 e. The van der Waals surface area contributed by atoms with Crippen LogP contribution >= 0.6 is 0 Å². The molecule has 0 aromatic heterocycles. The Morgan fingerprint density at radius 1 is 1.27 bits per heavy atom. The average Bonchev–Trinajstić information content (AvgIpc) is 2.20. The Morgan fingerprint density at radius 2 is 1.87 bits per heavy atom. The van der Waals surface area contributed by atoms with Crippen LogP contribution < -0.4 is 5.11 Å². The second-order valence-corrected chi connectivity index (χ2v) is 2.92. The molecular formula is C13H17O2-. The van der Waals surface area contributed by atoms with E-state index < -0.39 is 5.97 Å². The van der Waals surface area contributed by atoms with Gasteiger partial charge in [0.25, 0.3) is 0 Å². The largest absolute Gasteiger partial charge is 0.545 e. The summed E-state index contributed by atoms with van der Waals surface area (Å²) in [4.78, 5) is 10.6. The fourth-order valence-electron chi connectivity index (χ4n) is 1.22.